The summed E-state index contributed by atoms with van der Waals surface area (Å²) in [5, 5.41) is 2.42. The summed E-state index contributed by atoms with van der Waals surface area (Å²) in [4.78, 5) is 4.69. The zero-order chi connectivity index (χ0) is 14.7. The standard InChI is InChI=1S/C19H20N2/c1-2-3-13-17-15-11-7-8-12-16(15)18(19(20)21-17)14-9-5-4-6-10-14/h4-12H,2-3,13H2,1H3,(H2,20,21). The number of anilines is 1. The first kappa shape index (κ1) is 13.6. The Hall–Kier alpha value is -2.35. The summed E-state index contributed by atoms with van der Waals surface area (Å²) in [7, 11) is 0. The number of pyridine rings is 1. The van der Waals surface area contributed by atoms with E-state index in [0.717, 1.165) is 36.1 Å². The van der Waals surface area contributed by atoms with Crippen LogP contribution in [0.15, 0.2) is 54.6 Å². The zero-order valence-corrected chi connectivity index (χ0v) is 12.3. The van der Waals surface area contributed by atoms with Gasteiger partial charge in [0.05, 0.1) is 5.69 Å². The van der Waals surface area contributed by atoms with Crippen LogP contribution in [0, 0.1) is 0 Å². The highest BCUT2D eigenvalue weighted by Gasteiger charge is 2.12. The Morgan fingerprint density at radius 1 is 0.905 bits per heavy atom. The number of benzene rings is 2. The Morgan fingerprint density at radius 3 is 2.29 bits per heavy atom. The molecule has 0 saturated heterocycles. The van der Waals surface area contributed by atoms with Gasteiger partial charge in [0, 0.05) is 10.9 Å². The minimum Gasteiger partial charge on any atom is -0.383 e. The Morgan fingerprint density at radius 2 is 1.57 bits per heavy atom. The van der Waals surface area contributed by atoms with E-state index in [2.05, 4.69) is 43.3 Å². The van der Waals surface area contributed by atoms with Gasteiger partial charge in [-0.1, -0.05) is 67.9 Å². The molecule has 0 radical (unpaired) electrons. The molecule has 0 atom stereocenters. The maximum atomic E-state index is 6.28. The van der Waals surface area contributed by atoms with Gasteiger partial charge >= 0.3 is 0 Å². The van der Waals surface area contributed by atoms with Crippen LogP contribution in [0.1, 0.15) is 25.5 Å². The van der Waals surface area contributed by atoms with Gasteiger partial charge in [0.1, 0.15) is 5.82 Å². The lowest BCUT2D eigenvalue weighted by atomic mass is 9.97. The summed E-state index contributed by atoms with van der Waals surface area (Å²) >= 11 is 0. The smallest absolute Gasteiger partial charge is 0.132 e. The van der Waals surface area contributed by atoms with Crippen LogP contribution < -0.4 is 5.73 Å². The van der Waals surface area contributed by atoms with E-state index in [0.29, 0.717) is 5.82 Å². The summed E-state index contributed by atoms with van der Waals surface area (Å²) < 4.78 is 0. The molecule has 106 valence electrons. The molecule has 3 rings (SSSR count). The molecule has 2 heteroatoms. The number of hydrogen-bond acceptors (Lipinski definition) is 2. The first-order valence-corrected chi connectivity index (χ1v) is 7.53. The van der Waals surface area contributed by atoms with Crippen molar-refractivity contribution in [2.24, 2.45) is 0 Å². The predicted molar refractivity (Wildman–Crippen MR) is 90.2 cm³/mol. The topological polar surface area (TPSA) is 38.9 Å². The van der Waals surface area contributed by atoms with Crippen molar-refractivity contribution in [1.82, 2.24) is 4.98 Å². The molecule has 0 aliphatic heterocycles. The van der Waals surface area contributed by atoms with Crippen LogP contribution in [0.3, 0.4) is 0 Å². The molecule has 1 aromatic heterocycles. The van der Waals surface area contributed by atoms with E-state index in [4.69, 9.17) is 10.7 Å². The quantitative estimate of drug-likeness (QED) is 0.741. The molecule has 1 heterocycles. The lowest BCUT2D eigenvalue weighted by Crippen LogP contribution is -2.01. The second-order valence-corrected chi connectivity index (χ2v) is 5.33. The lowest BCUT2D eigenvalue weighted by Gasteiger charge is -2.13. The number of aromatic nitrogens is 1. The van der Waals surface area contributed by atoms with E-state index in [1.165, 1.54) is 10.8 Å². The van der Waals surface area contributed by atoms with Crippen LogP contribution >= 0.6 is 0 Å². The molecule has 0 spiro atoms. The first-order valence-electron chi connectivity index (χ1n) is 7.53. The molecular formula is C19H20N2. The van der Waals surface area contributed by atoms with E-state index < -0.39 is 0 Å². The van der Waals surface area contributed by atoms with Crippen molar-refractivity contribution < 1.29 is 0 Å². The molecule has 0 fully saturated rings. The highest BCUT2D eigenvalue weighted by atomic mass is 14.8. The van der Waals surface area contributed by atoms with E-state index in [9.17, 15) is 0 Å². The number of nitrogen functional groups attached to an aromatic ring is 1. The fraction of sp³-hybridized carbons (Fsp3) is 0.211. The summed E-state index contributed by atoms with van der Waals surface area (Å²) in [5.74, 6) is 0.631. The van der Waals surface area contributed by atoms with Crippen molar-refractivity contribution in [1.29, 1.82) is 0 Å². The van der Waals surface area contributed by atoms with Crippen LogP contribution in [0.25, 0.3) is 21.9 Å². The Kier molecular flexibility index (Phi) is 3.87. The van der Waals surface area contributed by atoms with Crippen LogP contribution in [0.4, 0.5) is 5.82 Å². The van der Waals surface area contributed by atoms with Gasteiger partial charge in [-0.25, -0.2) is 4.98 Å². The molecule has 0 aliphatic carbocycles. The molecule has 2 N–H and O–H groups in total. The van der Waals surface area contributed by atoms with Crippen molar-refractivity contribution >= 4 is 16.6 Å². The van der Waals surface area contributed by atoms with E-state index in [1.807, 2.05) is 18.2 Å². The Bertz CT molecular complexity index is 748. The van der Waals surface area contributed by atoms with Crippen LogP contribution in [-0.4, -0.2) is 4.98 Å². The fourth-order valence-corrected chi connectivity index (χ4v) is 2.80. The van der Waals surface area contributed by atoms with E-state index in [1.54, 1.807) is 0 Å². The second kappa shape index (κ2) is 5.96. The zero-order valence-electron chi connectivity index (χ0n) is 12.3. The average Bonchev–Trinajstić information content (AvgIpc) is 2.53. The third-order valence-corrected chi connectivity index (χ3v) is 3.85. The van der Waals surface area contributed by atoms with Crippen molar-refractivity contribution in [2.75, 3.05) is 5.73 Å². The first-order chi connectivity index (χ1) is 10.3. The molecule has 0 unspecified atom stereocenters. The number of rotatable bonds is 4. The highest BCUT2D eigenvalue weighted by molar-refractivity contribution is 6.02. The number of nitrogens with zero attached hydrogens (tertiary/aromatic N) is 1. The van der Waals surface area contributed by atoms with Gasteiger partial charge in [0.25, 0.3) is 0 Å². The maximum absolute atomic E-state index is 6.28. The molecule has 0 aliphatic rings. The van der Waals surface area contributed by atoms with Gasteiger partial charge in [-0.15, -0.1) is 0 Å². The average molecular weight is 276 g/mol. The summed E-state index contributed by atoms with van der Waals surface area (Å²) in [6.07, 6.45) is 3.29. The fourth-order valence-electron chi connectivity index (χ4n) is 2.80. The van der Waals surface area contributed by atoms with E-state index >= 15 is 0 Å². The predicted octanol–water partition coefficient (Wildman–Crippen LogP) is 4.83. The van der Waals surface area contributed by atoms with Gasteiger partial charge in [0.15, 0.2) is 0 Å². The molecule has 0 bridgehead atoms. The van der Waals surface area contributed by atoms with Crippen molar-refractivity contribution in [3.05, 3.63) is 60.3 Å². The van der Waals surface area contributed by atoms with Crippen molar-refractivity contribution in [3.63, 3.8) is 0 Å². The number of nitrogens with two attached hydrogens (primary N) is 1. The summed E-state index contributed by atoms with van der Waals surface area (Å²) in [6, 6.07) is 18.7. The van der Waals surface area contributed by atoms with Crippen molar-refractivity contribution in [2.45, 2.75) is 26.2 Å². The molecule has 2 nitrogen and oxygen atoms in total. The third-order valence-electron chi connectivity index (χ3n) is 3.85. The Balaban J connectivity index is 2.25. The molecule has 2 aromatic carbocycles. The number of fused-ring (bicyclic) bond motifs is 1. The lowest BCUT2D eigenvalue weighted by molar-refractivity contribution is 0.783. The largest absolute Gasteiger partial charge is 0.383 e. The van der Waals surface area contributed by atoms with Crippen LogP contribution in [0.5, 0.6) is 0 Å². The van der Waals surface area contributed by atoms with Gasteiger partial charge in [-0.2, -0.15) is 0 Å². The van der Waals surface area contributed by atoms with Crippen LogP contribution in [0.2, 0.25) is 0 Å². The maximum Gasteiger partial charge on any atom is 0.132 e. The number of unbranched alkanes of at least 4 members (excludes halogenated alkanes) is 1. The molecule has 21 heavy (non-hydrogen) atoms. The number of aryl methyl sites for hydroxylation is 1. The monoisotopic (exact) mass is 276 g/mol. The minimum atomic E-state index is 0.631. The Labute approximate surface area is 125 Å². The molecule has 0 saturated carbocycles. The summed E-state index contributed by atoms with van der Waals surface area (Å²) in [5.41, 5.74) is 9.57. The summed E-state index contributed by atoms with van der Waals surface area (Å²) in [6.45, 7) is 2.20. The van der Waals surface area contributed by atoms with Gasteiger partial charge in [-0.3, -0.25) is 0 Å². The van der Waals surface area contributed by atoms with Gasteiger partial charge < -0.3 is 5.73 Å². The van der Waals surface area contributed by atoms with Crippen LogP contribution in [-0.2, 0) is 6.42 Å². The van der Waals surface area contributed by atoms with Gasteiger partial charge in [-0.05, 0) is 23.8 Å². The van der Waals surface area contributed by atoms with Crippen molar-refractivity contribution in [3.8, 4) is 11.1 Å². The van der Waals surface area contributed by atoms with E-state index in [-0.39, 0.29) is 0 Å². The third kappa shape index (κ3) is 2.62. The normalized spacial score (nSPS) is 10.9. The minimum absolute atomic E-state index is 0.631. The number of hydrogen-bond donors (Lipinski definition) is 1. The molecule has 0 amide bonds. The molecular weight excluding hydrogens is 256 g/mol. The SMILES string of the molecule is CCCCc1nc(N)c(-c2ccccc2)c2ccccc12. The van der Waals surface area contributed by atoms with Gasteiger partial charge in [0.2, 0.25) is 0 Å². The highest BCUT2D eigenvalue weighted by Crippen LogP contribution is 2.34. The second-order valence-electron chi connectivity index (χ2n) is 5.33. The molecule has 3 aromatic rings.